The fraction of sp³-hybridized carbons (Fsp3) is 0.462. The predicted octanol–water partition coefficient (Wildman–Crippen LogP) is 1.33. The van der Waals surface area contributed by atoms with Gasteiger partial charge in [-0.2, -0.15) is 4.80 Å². The zero-order valence-corrected chi connectivity index (χ0v) is 11.3. The standard InChI is InChI=1S/C13H19N5/c1-9-6-5-7-10(2)13(9)11(14-3)8-12-15-17-18(4)16-12/h5-7,11,14H,8H2,1-4H3. The molecule has 0 saturated heterocycles. The van der Waals surface area contributed by atoms with Crippen LogP contribution in [0.15, 0.2) is 18.2 Å². The zero-order chi connectivity index (χ0) is 13.1. The molecule has 0 aliphatic rings. The molecule has 0 saturated carbocycles. The Morgan fingerprint density at radius 3 is 2.44 bits per heavy atom. The molecule has 1 heterocycles. The zero-order valence-electron chi connectivity index (χ0n) is 11.3. The van der Waals surface area contributed by atoms with E-state index in [-0.39, 0.29) is 6.04 Å². The summed E-state index contributed by atoms with van der Waals surface area (Å²) in [5.74, 6) is 0.763. The van der Waals surface area contributed by atoms with E-state index in [4.69, 9.17) is 0 Å². The van der Waals surface area contributed by atoms with Gasteiger partial charge in [0.25, 0.3) is 0 Å². The van der Waals surface area contributed by atoms with Crippen LogP contribution in [0, 0.1) is 13.8 Å². The van der Waals surface area contributed by atoms with Gasteiger partial charge in [0.05, 0.1) is 7.05 Å². The first-order chi connectivity index (χ1) is 8.61. The van der Waals surface area contributed by atoms with E-state index in [1.807, 2.05) is 7.05 Å². The molecular formula is C13H19N5. The van der Waals surface area contributed by atoms with Gasteiger partial charge in [0, 0.05) is 12.5 Å². The van der Waals surface area contributed by atoms with Crippen LogP contribution < -0.4 is 5.32 Å². The van der Waals surface area contributed by atoms with E-state index in [9.17, 15) is 0 Å². The van der Waals surface area contributed by atoms with Crippen LogP contribution in [-0.2, 0) is 13.5 Å². The normalized spacial score (nSPS) is 12.7. The molecule has 1 aromatic heterocycles. The van der Waals surface area contributed by atoms with Crippen LogP contribution in [0.2, 0.25) is 0 Å². The lowest BCUT2D eigenvalue weighted by Crippen LogP contribution is -2.21. The molecule has 5 nitrogen and oxygen atoms in total. The highest BCUT2D eigenvalue weighted by Crippen LogP contribution is 2.23. The molecule has 18 heavy (non-hydrogen) atoms. The van der Waals surface area contributed by atoms with Crippen molar-refractivity contribution in [2.45, 2.75) is 26.3 Å². The van der Waals surface area contributed by atoms with Crippen LogP contribution in [0.5, 0.6) is 0 Å². The Morgan fingerprint density at radius 2 is 1.94 bits per heavy atom. The van der Waals surface area contributed by atoms with E-state index >= 15 is 0 Å². The summed E-state index contributed by atoms with van der Waals surface area (Å²) in [6.45, 7) is 4.27. The average molecular weight is 245 g/mol. The Bertz CT molecular complexity index is 512. The van der Waals surface area contributed by atoms with E-state index in [0.29, 0.717) is 0 Å². The highest BCUT2D eigenvalue weighted by atomic mass is 15.6. The molecule has 96 valence electrons. The molecule has 1 aromatic carbocycles. The second kappa shape index (κ2) is 5.27. The fourth-order valence-corrected chi connectivity index (χ4v) is 2.31. The lowest BCUT2D eigenvalue weighted by atomic mass is 9.94. The van der Waals surface area contributed by atoms with Gasteiger partial charge in [0.2, 0.25) is 0 Å². The largest absolute Gasteiger partial charge is 0.313 e. The first-order valence-corrected chi connectivity index (χ1v) is 6.08. The molecule has 0 amide bonds. The lowest BCUT2D eigenvalue weighted by Gasteiger charge is -2.19. The highest BCUT2D eigenvalue weighted by molar-refractivity contribution is 5.36. The van der Waals surface area contributed by atoms with E-state index in [2.05, 4.69) is 52.8 Å². The second-order valence-electron chi connectivity index (χ2n) is 4.55. The van der Waals surface area contributed by atoms with Crippen molar-refractivity contribution < 1.29 is 0 Å². The molecule has 2 aromatic rings. The van der Waals surface area contributed by atoms with Crippen LogP contribution in [0.4, 0.5) is 0 Å². The number of nitrogens with zero attached hydrogens (tertiary/aromatic N) is 4. The summed E-state index contributed by atoms with van der Waals surface area (Å²) in [6, 6.07) is 6.57. The molecule has 0 aliphatic carbocycles. The third-order valence-corrected chi connectivity index (χ3v) is 3.18. The molecule has 0 radical (unpaired) electrons. The van der Waals surface area contributed by atoms with Crippen LogP contribution >= 0.6 is 0 Å². The Kier molecular flexibility index (Phi) is 3.72. The number of hydrogen-bond donors (Lipinski definition) is 1. The number of nitrogens with one attached hydrogen (secondary N) is 1. The van der Waals surface area contributed by atoms with E-state index in [0.717, 1.165) is 12.2 Å². The number of aryl methyl sites for hydroxylation is 3. The van der Waals surface area contributed by atoms with Crippen molar-refractivity contribution in [3.05, 3.63) is 40.7 Å². The fourth-order valence-electron chi connectivity index (χ4n) is 2.31. The SMILES string of the molecule is CNC(Cc1nnn(C)n1)c1c(C)cccc1C. The van der Waals surface area contributed by atoms with Crippen molar-refractivity contribution in [3.63, 3.8) is 0 Å². The van der Waals surface area contributed by atoms with E-state index < -0.39 is 0 Å². The molecule has 1 atom stereocenters. The first kappa shape index (κ1) is 12.7. The minimum absolute atomic E-state index is 0.218. The van der Waals surface area contributed by atoms with Gasteiger partial charge in [-0.25, -0.2) is 0 Å². The summed E-state index contributed by atoms with van der Waals surface area (Å²) < 4.78 is 0. The highest BCUT2D eigenvalue weighted by Gasteiger charge is 2.17. The topological polar surface area (TPSA) is 55.6 Å². The molecule has 0 spiro atoms. The maximum Gasteiger partial charge on any atom is 0.176 e. The Morgan fingerprint density at radius 1 is 1.28 bits per heavy atom. The third-order valence-electron chi connectivity index (χ3n) is 3.18. The van der Waals surface area contributed by atoms with Crippen molar-refractivity contribution >= 4 is 0 Å². The minimum atomic E-state index is 0.218. The Labute approximate surface area is 107 Å². The van der Waals surface area contributed by atoms with Crippen LogP contribution in [0.3, 0.4) is 0 Å². The molecule has 1 N–H and O–H groups in total. The number of rotatable bonds is 4. The third kappa shape index (κ3) is 2.56. The summed E-state index contributed by atoms with van der Waals surface area (Å²) in [4.78, 5) is 1.49. The second-order valence-corrected chi connectivity index (χ2v) is 4.55. The summed E-state index contributed by atoms with van der Waals surface area (Å²) >= 11 is 0. The molecule has 0 aliphatic heterocycles. The molecule has 1 unspecified atom stereocenters. The van der Waals surface area contributed by atoms with Crippen LogP contribution in [0.1, 0.15) is 28.6 Å². The smallest absolute Gasteiger partial charge is 0.176 e. The first-order valence-electron chi connectivity index (χ1n) is 6.08. The molecule has 0 bridgehead atoms. The van der Waals surface area contributed by atoms with Crippen molar-refractivity contribution in [3.8, 4) is 0 Å². The van der Waals surface area contributed by atoms with Gasteiger partial charge >= 0.3 is 0 Å². The lowest BCUT2D eigenvalue weighted by molar-refractivity contribution is 0.565. The van der Waals surface area contributed by atoms with Gasteiger partial charge in [-0.3, -0.25) is 0 Å². The number of hydrogen-bond acceptors (Lipinski definition) is 4. The monoisotopic (exact) mass is 245 g/mol. The number of likely N-dealkylation sites (N-methyl/N-ethyl adjacent to an activating group) is 1. The maximum absolute atomic E-state index is 4.24. The molecule has 2 rings (SSSR count). The van der Waals surface area contributed by atoms with Crippen molar-refractivity contribution in [2.24, 2.45) is 7.05 Å². The molecular weight excluding hydrogens is 226 g/mol. The van der Waals surface area contributed by atoms with Gasteiger partial charge in [-0.05, 0) is 42.8 Å². The minimum Gasteiger partial charge on any atom is -0.313 e. The summed E-state index contributed by atoms with van der Waals surface area (Å²) in [5.41, 5.74) is 3.91. The Hall–Kier alpha value is -1.75. The maximum atomic E-state index is 4.24. The van der Waals surface area contributed by atoms with E-state index in [1.165, 1.54) is 21.5 Å². The van der Waals surface area contributed by atoms with Gasteiger partial charge < -0.3 is 5.32 Å². The number of aromatic nitrogens is 4. The molecule has 0 fully saturated rings. The predicted molar refractivity (Wildman–Crippen MR) is 70.2 cm³/mol. The van der Waals surface area contributed by atoms with E-state index in [1.54, 1.807) is 7.05 Å². The van der Waals surface area contributed by atoms with Gasteiger partial charge in [-0.1, -0.05) is 18.2 Å². The number of tetrazole rings is 1. The van der Waals surface area contributed by atoms with Crippen molar-refractivity contribution in [1.82, 2.24) is 25.5 Å². The molecule has 5 heteroatoms. The summed E-state index contributed by atoms with van der Waals surface area (Å²) in [7, 11) is 3.75. The summed E-state index contributed by atoms with van der Waals surface area (Å²) in [6.07, 6.45) is 0.746. The van der Waals surface area contributed by atoms with Crippen LogP contribution in [0.25, 0.3) is 0 Å². The summed E-state index contributed by atoms with van der Waals surface area (Å²) in [5, 5.41) is 15.5. The van der Waals surface area contributed by atoms with Gasteiger partial charge in [-0.15, -0.1) is 10.2 Å². The van der Waals surface area contributed by atoms with Crippen LogP contribution in [-0.4, -0.2) is 27.3 Å². The van der Waals surface area contributed by atoms with Crippen molar-refractivity contribution in [2.75, 3.05) is 7.05 Å². The number of benzene rings is 1. The quantitative estimate of drug-likeness (QED) is 0.883. The van der Waals surface area contributed by atoms with Crippen molar-refractivity contribution in [1.29, 1.82) is 0 Å². The van der Waals surface area contributed by atoms with Gasteiger partial charge in [0.1, 0.15) is 0 Å². The average Bonchev–Trinajstić information content (AvgIpc) is 2.73. The van der Waals surface area contributed by atoms with Gasteiger partial charge in [0.15, 0.2) is 5.82 Å². The Balaban J connectivity index is 2.28.